The first-order valence-corrected chi connectivity index (χ1v) is 5.84. The molecular weight excluding hydrogens is 252 g/mol. The topological polar surface area (TPSA) is 43.4 Å². The van der Waals surface area contributed by atoms with Gasteiger partial charge in [0.15, 0.2) is 12.4 Å². The van der Waals surface area contributed by atoms with E-state index in [0.717, 1.165) is 11.1 Å². The number of rotatable bonds is 5. The number of carbonyl (C=O) groups is 2. The van der Waals surface area contributed by atoms with Gasteiger partial charge in [-0.05, 0) is 61.2 Å². The standard InChI is InChI=1S/C14H15ClO3/c1-8(2)14(17)11-5-6-12(10(4)9(11)3)18-7-13(15)16/h5-6H,1,7H2,2-4H3. The fourth-order valence-electron chi connectivity index (χ4n) is 1.56. The third-order valence-electron chi connectivity index (χ3n) is 2.71. The first-order chi connectivity index (χ1) is 8.34. The van der Waals surface area contributed by atoms with E-state index in [9.17, 15) is 9.59 Å². The van der Waals surface area contributed by atoms with Gasteiger partial charge in [-0.25, -0.2) is 0 Å². The molecule has 3 nitrogen and oxygen atoms in total. The largest absolute Gasteiger partial charge is 0.484 e. The van der Waals surface area contributed by atoms with Gasteiger partial charge in [-0.1, -0.05) is 6.58 Å². The number of Topliss-reactive ketones (excluding diaryl/α,β-unsaturated/α-hetero) is 1. The lowest BCUT2D eigenvalue weighted by atomic mass is 9.96. The van der Waals surface area contributed by atoms with Gasteiger partial charge in [0.1, 0.15) is 5.75 Å². The zero-order valence-electron chi connectivity index (χ0n) is 10.7. The number of ether oxygens (including phenoxy) is 1. The van der Waals surface area contributed by atoms with E-state index in [1.54, 1.807) is 19.1 Å². The van der Waals surface area contributed by atoms with Crippen LogP contribution in [0.4, 0.5) is 0 Å². The van der Waals surface area contributed by atoms with Crippen molar-refractivity contribution in [1.82, 2.24) is 0 Å². The van der Waals surface area contributed by atoms with Gasteiger partial charge in [0.05, 0.1) is 0 Å². The van der Waals surface area contributed by atoms with Crippen LogP contribution in [-0.4, -0.2) is 17.6 Å². The summed E-state index contributed by atoms with van der Waals surface area (Å²) in [5.74, 6) is 0.468. The fourth-order valence-corrected chi connectivity index (χ4v) is 1.62. The Bertz CT molecular complexity index is 518. The van der Waals surface area contributed by atoms with Crippen LogP contribution in [0.15, 0.2) is 24.3 Å². The number of allylic oxidation sites excluding steroid dienone is 1. The summed E-state index contributed by atoms with van der Waals surface area (Å²) in [5, 5.41) is -0.561. The average molecular weight is 267 g/mol. The maximum atomic E-state index is 11.9. The minimum atomic E-state index is -0.561. The molecule has 18 heavy (non-hydrogen) atoms. The van der Waals surface area contributed by atoms with Crippen LogP contribution in [0.1, 0.15) is 28.4 Å². The number of hydrogen-bond donors (Lipinski definition) is 0. The van der Waals surface area contributed by atoms with Gasteiger partial charge in [-0.2, -0.15) is 0 Å². The molecule has 0 aliphatic rings. The number of halogens is 1. The van der Waals surface area contributed by atoms with E-state index in [-0.39, 0.29) is 12.4 Å². The molecule has 0 amide bonds. The minimum absolute atomic E-state index is 0.0874. The van der Waals surface area contributed by atoms with Crippen LogP contribution in [0.25, 0.3) is 0 Å². The van der Waals surface area contributed by atoms with Crippen LogP contribution in [0.5, 0.6) is 5.75 Å². The van der Waals surface area contributed by atoms with Gasteiger partial charge in [-0.15, -0.1) is 0 Å². The van der Waals surface area contributed by atoms with Crippen LogP contribution in [0.3, 0.4) is 0 Å². The summed E-state index contributed by atoms with van der Waals surface area (Å²) in [4.78, 5) is 22.5. The van der Waals surface area contributed by atoms with E-state index in [1.165, 1.54) is 0 Å². The van der Waals surface area contributed by atoms with Gasteiger partial charge in [0, 0.05) is 5.56 Å². The third-order valence-corrected chi connectivity index (χ3v) is 2.82. The molecule has 0 aliphatic heterocycles. The van der Waals surface area contributed by atoms with E-state index >= 15 is 0 Å². The van der Waals surface area contributed by atoms with Gasteiger partial charge in [0.2, 0.25) is 0 Å². The molecule has 0 atom stereocenters. The molecule has 0 aromatic heterocycles. The van der Waals surface area contributed by atoms with E-state index in [0.29, 0.717) is 16.9 Å². The minimum Gasteiger partial charge on any atom is -0.484 e. The molecule has 1 aromatic rings. The maximum absolute atomic E-state index is 11.9. The third kappa shape index (κ3) is 3.20. The molecule has 0 unspecified atom stereocenters. The summed E-state index contributed by atoms with van der Waals surface area (Å²) in [6.07, 6.45) is 0. The summed E-state index contributed by atoms with van der Waals surface area (Å²) < 4.78 is 5.26. The lowest BCUT2D eigenvalue weighted by Gasteiger charge is -2.13. The highest BCUT2D eigenvalue weighted by molar-refractivity contribution is 6.63. The Morgan fingerprint density at radius 2 is 1.89 bits per heavy atom. The van der Waals surface area contributed by atoms with Crippen molar-refractivity contribution in [2.24, 2.45) is 0 Å². The highest BCUT2D eigenvalue weighted by Crippen LogP contribution is 2.25. The zero-order chi connectivity index (χ0) is 13.9. The normalized spacial score (nSPS) is 10.0. The maximum Gasteiger partial charge on any atom is 0.259 e. The molecule has 0 heterocycles. The Morgan fingerprint density at radius 3 is 2.39 bits per heavy atom. The molecule has 0 bridgehead atoms. The van der Waals surface area contributed by atoms with Gasteiger partial charge < -0.3 is 4.74 Å². The summed E-state index contributed by atoms with van der Waals surface area (Å²) in [7, 11) is 0. The highest BCUT2D eigenvalue weighted by atomic mass is 35.5. The second kappa shape index (κ2) is 5.83. The summed E-state index contributed by atoms with van der Waals surface area (Å²) in [5.41, 5.74) is 2.73. The highest BCUT2D eigenvalue weighted by Gasteiger charge is 2.14. The lowest BCUT2D eigenvalue weighted by Crippen LogP contribution is -2.08. The molecule has 0 aliphatic carbocycles. The van der Waals surface area contributed by atoms with E-state index in [2.05, 4.69) is 6.58 Å². The summed E-state index contributed by atoms with van der Waals surface area (Å²) in [6.45, 7) is 8.80. The Kier molecular flexibility index (Phi) is 4.68. The van der Waals surface area contributed by atoms with Crippen molar-refractivity contribution < 1.29 is 14.3 Å². The number of benzene rings is 1. The van der Waals surface area contributed by atoms with E-state index in [4.69, 9.17) is 16.3 Å². The Morgan fingerprint density at radius 1 is 1.28 bits per heavy atom. The van der Waals surface area contributed by atoms with Crippen molar-refractivity contribution >= 4 is 22.6 Å². The molecular formula is C14H15ClO3. The molecule has 1 aromatic carbocycles. The molecule has 0 spiro atoms. The SMILES string of the molecule is C=C(C)C(=O)c1ccc(OCC(=O)Cl)c(C)c1C. The zero-order valence-corrected chi connectivity index (χ0v) is 11.4. The van der Waals surface area contributed by atoms with Gasteiger partial charge in [0.25, 0.3) is 5.24 Å². The van der Waals surface area contributed by atoms with E-state index in [1.807, 2.05) is 13.8 Å². The average Bonchev–Trinajstić information content (AvgIpc) is 2.30. The van der Waals surface area contributed by atoms with Crippen molar-refractivity contribution in [1.29, 1.82) is 0 Å². The molecule has 4 heteroatoms. The molecule has 96 valence electrons. The van der Waals surface area contributed by atoms with Crippen LogP contribution in [-0.2, 0) is 4.79 Å². The number of ketones is 1. The molecule has 0 fully saturated rings. The Hall–Kier alpha value is -1.61. The number of hydrogen-bond acceptors (Lipinski definition) is 3. The van der Waals surface area contributed by atoms with Crippen LogP contribution < -0.4 is 4.74 Å². The quantitative estimate of drug-likeness (QED) is 0.467. The van der Waals surface area contributed by atoms with Crippen molar-refractivity contribution in [3.63, 3.8) is 0 Å². The van der Waals surface area contributed by atoms with Gasteiger partial charge in [-0.3, -0.25) is 9.59 Å². The second-order valence-corrected chi connectivity index (χ2v) is 4.54. The Balaban J connectivity index is 3.09. The van der Waals surface area contributed by atoms with Gasteiger partial charge >= 0.3 is 0 Å². The van der Waals surface area contributed by atoms with E-state index < -0.39 is 5.24 Å². The van der Waals surface area contributed by atoms with Crippen LogP contribution in [0.2, 0.25) is 0 Å². The van der Waals surface area contributed by atoms with Crippen molar-refractivity contribution in [3.05, 3.63) is 41.0 Å². The fraction of sp³-hybridized carbons (Fsp3) is 0.286. The van der Waals surface area contributed by atoms with Crippen molar-refractivity contribution in [2.75, 3.05) is 6.61 Å². The molecule has 0 saturated heterocycles. The first kappa shape index (κ1) is 14.5. The lowest BCUT2D eigenvalue weighted by molar-refractivity contribution is -0.113. The smallest absolute Gasteiger partial charge is 0.259 e. The monoisotopic (exact) mass is 266 g/mol. The summed E-state index contributed by atoms with van der Waals surface area (Å²) >= 11 is 5.21. The van der Waals surface area contributed by atoms with Crippen LogP contribution >= 0.6 is 11.6 Å². The Labute approximate surface area is 111 Å². The van der Waals surface area contributed by atoms with Crippen molar-refractivity contribution in [3.8, 4) is 5.75 Å². The molecule has 1 rings (SSSR count). The predicted octanol–water partition coefficient (Wildman–Crippen LogP) is 3.21. The predicted molar refractivity (Wildman–Crippen MR) is 71.4 cm³/mol. The molecule has 0 N–H and O–H groups in total. The van der Waals surface area contributed by atoms with Crippen LogP contribution in [0, 0.1) is 13.8 Å². The summed E-state index contributed by atoms with van der Waals surface area (Å²) in [6, 6.07) is 3.34. The van der Waals surface area contributed by atoms with Crippen molar-refractivity contribution in [2.45, 2.75) is 20.8 Å². The molecule has 0 radical (unpaired) electrons. The molecule has 0 saturated carbocycles. The first-order valence-electron chi connectivity index (χ1n) is 5.46. The second-order valence-electron chi connectivity index (χ2n) is 4.11. The number of carbonyl (C=O) groups excluding carboxylic acids is 2.